The molecule has 0 unspecified atom stereocenters. The summed E-state index contributed by atoms with van der Waals surface area (Å²) < 4.78 is 5.74. The van der Waals surface area contributed by atoms with Gasteiger partial charge in [-0.05, 0) is 75.1 Å². The lowest BCUT2D eigenvalue weighted by atomic mass is 9.98. The second-order valence-electron chi connectivity index (χ2n) is 8.15. The van der Waals surface area contributed by atoms with E-state index in [1.165, 1.54) is 5.56 Å². The highest BCUT2D eigenvalue weighted by molar-refractivity contribution is 6.01. The lowest BCUT2D eigenvalue weighted by molar-refractivity contribution is 0.0916. The summed E-state index contributed by atoms with van der Waals surface area (Å²) in [6.07, 6.45) is 7.70. The molecule has 1 fully saturated rings. The van der Waals surface area contributed by atoms with Crippen LogP contribution in [0.2, 0.25) is 0 Å². The highest BCUT2D eigenvalue weighted by atomic mass is 16.5. The fourth-order valence-corrected chi connectivity index (χ4v) is 4.32. The highest BCUT2D eigenvalue weighted by Gasteiger charge is 2.20. The van der Waals surface area contributed by atoms with Crippen LogP contribution in [0.15, 0.2) is 36.7 Å². The van der Waals surface area contributed by atoms with Crippen molar-refractivity contribution in [1.29, 1.82) is 0 Å². The molecule has 1 amide bonds. The first kappa shape index (κ1) is 18.2. The quantitative estimate of drug-likeness (QED) is 0.719. The number of carbonyl (C=O) groups is 1. The van der Waals surface area contributed by atoms with E-state index in [1.54, 1.807) is 6.20 Å². The number of nitrogens with one attached hydrogen (secondary N) is 2. The Kier molecular flexibility index (Phi) is 4.72. The van der Waals surface area contributed by atoms with Crippen LogP contribution in [0.5, 0.6) is 5.75 Å². The summed E-state index contributed by atoms with van der Waals surface area (Å²) in [6.45, 7) is 2.83. The van der Waals surface area contributed by atoms with E-state index in [9.17, 15) is 4.79 Å². The molecule has 29 heavy (non-hydrogen) atoms. The highest BCUT2D eigenvalue weighted by Crippen LogP contribution is 2.33. The van der Waals surface area contributed by atoms with Crippen LogP contribution in [0.1, 0.15) is 35.2 Å². The summed E-state index contributed by atoms with van der Waals surface area (Å²) in [7, 11) is 2.12. The number of aromatic amines is 1. The van der Waals surface area contributed by atoms with Crippen molar-refractivity contribution in [2.75, 3.05) is 26.7 Å². The maximum atomic E-state index is 12.8. The average Bonchev–Trinajstić information content (AvgIpc) is 3.18. The predicted molar refractivity (Wildman–Crippen MR) is 113 cm³/mol. The number of H-pyrrole nitrogens is 1. The molecular weight excluding hydrogens is 364 g/mol. The normalized spacial score (nSPS) is 17.7. The number of pyridine rings is 1. The van der Waals surface area contributed by atoms with Gasteiger partial charge >= 0.3 is 0 Å². The van der Waals surface area contributed by atoms with Crippen molar-refractivity contribution in [3.63, 3.8) is 0 Å². The van der Waals surface area contributed by atoms with Crippen molar-refractivity contribution in [1.82, 2.24) is 20.2 Å². The molecular formula is C23H26N4O2. The standard InChI is InChI=1S/C23H26N4O2/c1-27-8-6-18(7-9-27)26-23(28)17-12-19-20(14-25-22(19)24-13-17)15-4-5-21-16(11-15)3-2-10-29-21/h4-5,11-14,18H,2-3,6-10H2,1H3,(H,24,25)(H,26,28). The van der Waals surface area contributed by atoms with E-state index < -0.39 is 0 Å². The molecule has 150 valence electrons. The maximum Gasteiger partial charge on any atom is 0.253 e. The molecule has 0 radical (unpaired) electrons. The number of aryl methyl sites for hydroxylation is 1. The monoisotopic (exact) mass is 390 g/mol. The van der Waals surface area contributed by atoms with Gasteiger partial charge in [0.2, 0.25) is 0 Å². The Morgan fingerprint density at radius 1 is 1.28 bits per heavy atom. The van der Waals surface area contributed by atoms with Crippen LogP contribution in [0.3, 0.4) is 0 Å². The molecule has 2 aliphatic heterocycles. The van der Waals surface area contributed by atoms with Crippen molar-refractivity contribution in [2.24, 2.45) is 0 Å². The Morgan fingerprint density at radius 2 is 2.14 bits per heavy atom. The molecule has 2 aromatic heterocycles. The van der Waals surface area contributed by atoms with Crippen molar-refractivity contribution in [3.05, 3.63) is 47.8 Å². The lowest BCUT2D eigenvalue weighted by Crippen LogP contribution is -2.43. The third kappa shape index (κ3) is 3.60. The number of aromatic nitrogens is 2. The Labute approximate surface area is 170 Å². The summed E-state index contributed by atoms with van der Waals surface area (Å²) in [5, 5.41) is 4.15. The number of hydrogen-bond donors (Lipinski definition) is 2. The number of hydrogen-bond acceptors (Lipinski definition) is 4. The summed E-state index contributed by atoms with van der Waals surface area (Å²) in [5.41, 5.74) is 4.83. The molecule has 0 bridgehead atoms. The number of fused-ring (bicyclic) bond motifs is 2. The molecule has 5 rings (SSSR count). The third-order valence-electron chi connectivity index (χ3n) is 6.07. The Morgan fingerprint density at radius 3 is 3.00 bits per heavy atom. The van der Waals surface area contributed by atoms with Gasteiger partial charge in [0.05, 0.1) is 12.2 Å². The molecule has 0 aliphatic carbocycles. The van der Waals surface area contributed by atoms with Crippen LogP contribution in [0, 0.1) is 0 Å². The first-order valence-corrected chi connectivity index (χ1v) is 10.4. The Balaban J connectivity index is 1.42. The van der Waals surface area contributed by atoms with Gasteiger partial charge in [-0.1, -0.05) is 6.07 Å². The molecule has 1 saturated heterocycles. The minimum atomic E-state index is -0.0417. The third-order valence-corrected chi connectivity index (χ3v) is 6.07. The smallest absolute Gasteiger partial charge is 0.253 e. The van der Waals surface area contributed by atoms with E-state index in [2.05, 4.69) is 39.4 Å². The average molecular weight is 390 g/mol. The molecule has 6 nitrogen and oxygen atoms in total. The van der Waals surface area contributed by atoms with Crippen LogP contribution in [0.25, 0.3) is 22.2 Å². The van der Waals surface area contributed by atoms with Gasteiger partial charge in [-0.2, -0.15) is 0 Å². The van der Waals surface area contributed by atoms with Gasteiger partial charge in [0.15, 0.2) is 0 Å². The lowest BCUT2D eigenvalue weighted by Gasteiger charge is -2.29. The van der Waals surface area contributed by atoms with E-state index in [1.807, 2.05) is 18.3 Å². The number of carbonyl (C=O) groups excluding carboxylic acids is 1. The predicted octanol–water partition coefficient (Wildman–Crippen LogP) is 3.38. The SMILES string of the molecule is CN1CCC(NC(=O)c2cnc3[nH]cc(-c4ccc5c(c4)CCCO5)c3c2)CC1. The number of piperidine rings is 1. The van der Waals surface area contributed by atoms with Gasteiger partial charge in [0.25, 0.3) is 5.91 Å². The summed E-state index contributed by atoms with van der Waals surface area (Å²) in [4.78, 5) is 22.8. The van der Waals surface area contributed by atoms with E-state index in [0.717, 1.165) is 73.3 Å². The molecule has 4 heterocycles. The number of benzene rings is 1. The summed E-state index contributed by atoms with van der Waals surface area (Å²) in [6, 6.07) is 8.52. The van der Waals surface area contributed by atoms with Crippen molar-refractivity contribution >= 4 is 16.9 Å². The fraction of sp³-hybridized carbons (Fsp3) is 0.391. The second-order valence-corrected chi connectivity index (χ2v) is 8.15. The molecule has 2 aliphatic rings. The van der Waals surface area contributed by atoms with Gasteiger partial charge in [-0.25, -0.2) is 4.98 Å². The number of nitrogens with zero attached hydrogens (tertiary/aromatic N) is 2. The maximum absolute atomic E-state index is 12.8. The van der Waals surface area contributed by atoms with Crippen LogP contribution in [-0.4, -0.2) is 53.6 Å². The van der Waals surface area contributed by atoms with Crippen LogP contribution in [0.4, 0.5) is 0 Å². The second kappa shape index (κ2) is 7.52. The van der Waals surface area contributed by atoms with Crippen molar-refractivity contribution in [2.45, 2.75) is 31.7 Å². The van der Waals surface area contributed by atoms with E-state index in [4.69, 9.17) is 4.74 Å². The molecule has 0 atom stereocenters. The van der Waals surface area contributed by atoms with Crippen LogP contribution in [-0.2, 0) is 6.42 Å². The minimum absolute atomic E-state index is 0.0417. The first-order chi connectivity index (χ1) is 14.2. The zero-order chi connectivity index (χ0) is 19.8. The molecule has 0 spiro atoms. The number of rotatable bonds is 3. The zero-order valence-electron chi connectivity index (χ0n) is 16.7. The first-order valence-electron chi connectivity index (χ1n) is 10.4. The zero-order valence-corrected chi connectivity index (χ0v) is 16.7. The van der Waals surface area contributed by atoms with Gasteiger partial charge in [-0.15, -0.1) is 0 Å². The Hall–Kier alpha value is -2.86. The summed E-state index contributed by atoms with van der Waals surface area (Å²) in [5.74, 6) is 0.941. The van der Waals surface area contributed by atoms with Crippen LogP contribution < -0.4 is 10.1 Å². The van der Waals surface area contributed by atoms with Crippen LogP contribution >= 0.6 is 0 Å². The van der Waals surface area contributed by atoms with Crippen molar-refractivity contribution in [3.8, 4) is 16.9 Å². The number of likely N-dealkylation sites (tertiary alicyclic amines) is 1. The van der Waals surface area contributed by atoms with E-state index in [-0.39, 0.29) is 11.9 Å². The van der Waals surface area contributed by atoms with Gasteiger partial charge in [-0.3, -0.25) is 4.79 Å². The van der Waals surface area contributed by atoms with E-state index >= 15 is 0 Å². The summed E-state index contributed by atoms with van der Waals surface area (Å²) >= 11 is 0. The van der Waals surface area contributed by atoms with Gasteiger partial charge < -0.3 is 19.9 Å². The molecule has 1 aromatic carbocycles. The van der Waals surface area contributed by atoms with E-state index in [0.29, 0.717) is 5.56 Å². The van der Waals surface area contributed by atoms with Gasteiger partial charge in [0.1, 0.15) is 11.4 Å². The molecule has 6 heteroatoms. The topological polar surface area (TPSA) is 70.2 Å². The number of ether oxygens (including phenoxy) is 1. The van der Waals surface area contributed by atoms with Gasteiger partial charge in [0, 0.05) is 29.4 Å². The fourth-order valence-electron chi connectivity index (χ4n) is 4.32. The minimum Gasteiger partial charge on any atom is -0.493 e. The molecule has 3 aromatic rings. The van der Waals surface area contributed by atoms with Crippen molar-refractivity contribution < 1.29 is 9.53 Å². The Bertz CT molecular complexity index is 1050. The molecule has 2 N–H and O–H groups in total. The molecule has 0 saturated carbocycles. The largest absolute Gasteiger partial charge is 0.493 e. The number of amides is 1.